The first kappa shape index (κ1) is 16.8. The molecule has 1 saturated heterocycles. The zero-order chi connectivity index (χ0) is 17.1. The van der Waals surface area contributed by atoms with Crippen molar-refractivity contribution in [3.8, 4) is 0 Å². The quantitative estimate of drug-likeness (QED) is 0.898. The maximum atomic E-state index is 12.6. The number of hydrogen-bond donors (Lipinski definition) is 1. The van der Waals surface area contributed by atoms with Crippen molar-refractivity contribution in [2.24, 2.45) is 0 Å². The van der Waals surface area contributed by atoms with Crippen molar-refractivity contribution < 1.29 is 4.79 Å². The number of halogens is 1. The number of benzene rings is 1. The smallest absolute Gasteiger partial charge is 0.323 e. The summed E-state index contributed by atoms with van der Waals surface area (Å²) in [6, 6.07) is 9.77. The van der Waals surface area contributed by atoms with Crippen molar-refractivity contribution in [2.45, 2.75) is 39.2 Å². The minimum Gasteiger partial charge on any atom is -0.324 e. The topological polar surface area (TPSA) is 50.2 Å². The van der Waals surface area contributed by atoms with Crippen LogP contribution < -0.4 is 5.32 Å². The van der Waals surface area contributed by atoms with Crippen LogP contribution in [0.15, 0.2) is 30.3 Å². The van der Waals surface area contributed by atoms with Crippen LogP contribution in [0.4, 0.5) is 10.6 Å². The lowest BCUT2D eigenvalue weighted by Crippen LogP contribution is -2.33. The third kappa shape index (κ3) is 3.73. The molecule has 1 fully saturated rings. The third-order valence-electron chi connectivity index (χ3n) is 4.37. The molecule has 2 heterocycles. The average Bonchev–Trinajstić information content (AvgIpc) is 3.15. The van der Waals surface area contributed by atoms with Gasteiger partial charge in [-0.25, -0.2) is 9.48 Å². The van der Waals surface area contributed by atoms with Gasteiger partial charge in [-0.2, -0.15) is 5.10 Å². The van der Waals surface area contributed by atoms with Crippen molar-refractivity contribution >= 4 is 23.4 Å². The summed E-state index contributed by atoms with van der Waals surface area (Å²) in [5, 5.41) is 8.17. The van der Waals surface area contributed by atoms with E-state index >= 15 is 0 Å². The molecule has 0 spiro atoms. The van der Waals surface area contributed by atoms with Crippen molar-refractivity contribution in [2.75, 3.05) is 18.4 Å². The van der Waals surface area contributed by atoms with E-state index in [1.807, 2.05) is 40.8 Å². The van der Waals surface area contributed by atoms with Gasteiger partial charge in [0.2, 0.25) is 0 Å². The van der Waals surface area contributed by atoms with E-state index in [2.05, 4.69) is 23.4 Å². The highest BCUT2D eigenvalue weighted by atomic mass is 35.5. The molecule has 2 amide bonds. The standard InChI is InChI=1S/C18H23ClN4O/c1-3-8-23-17(10-13(2)21-23)20-18(24)22-9-7-15(12-22)14-5-4-6-16(19)11-14/h4-6,10-11,15H,3,7-9,12H2,1-2H3,(H,20,24). The number of likely N-dealkylation sites (tertiary alicyclic amines) is 1. The number of nitrogens with one attached hydrogen (secondary N) is 1. The molecule has 0 aliphatic carbocycles. The molecule has 1 N–H and O–H groups in total. The van der Waals surface area contributed by atoms with E-state index in [0.717, 1.165) is 42.5 Å². The highest BCUT2D eigenvalue weighted by Crippen LogP contribution is 2.29. The summed E-state index contributed by atoms with van der Waals surface area (Å²) in [4.78, 5) is 14.4. The van der Waals surface area contributed by atoms with E-state index in [9.17, 15) is 4.79 Å². The molecule has 5 nitrogen and oxygen atoms in total. The van der Waals surface area contributed by atoms with Crippen LogP contribution in [0, 0.1) is 6.92 Å². The maximum absolute atomic E-state index is 12.6. The molecule has 0 bridgehead atoms. The monoisotopic (exact) mass is 346 g/mol. The van der Waals surface area contributed by atoms with Gasteiger partial charge in [-0.1, -0.05) is 30.7 Å². The van der Waals surface area contributed by atoms with E-state index < -0.39 is 0 Å². The molecule has 1 aromatic carbocycles. The number of aromatic nitrogens is 2. The lowest BCUT2D eigenvalue weighted by Gasteiger charge is -2.18. The number of carbonyl (C=O) groups is 1. The van der Waals surface area contributed by atoms with Crippen LogP contribution in [0.1, 0.15) is 36.9 Å². The lowest BCUT2D eigenvalue weighted by atomic mass is 9.99. The van der Waals surface area contributed by atoms with Crippen LogP contribution in [0.5, 0.6) is 0 Å². The molecule has 1 aliphatic heterocycles. The third-order valence-corrected chi connectivity index (χ3v) is 4.60. The average molecular weight is 347 g/mol. The van der Waals surface area contributed by atoms with Crippen molar-refractivity contribution in [1.29, 1.82) is 0 Å². The van der Waals surface area contributed by atoms with Crippen LogP contribution >= 0.6 is 11.6 Å². The van der Waals surface area contributed by atoms with Gasteiger partial charge in [0.25, 0.3) is 0 Å². The van der Waals surface area contributed by atoms with E-state index in [1.165, 1.54) is 5.56 Å². The molecule has 0 saturated carbocycles. The summed E-state index contributed by atoms with van der Waals surface area (Å²) in [5.74, 6) is 1.11. The number of rotatable bonds is 4. The first-order valence-corrected chi connectivity index (χ1v) is 8.80. The molecule has 2 aromatic rings. The summed E-state index contributed by atoms with van der Waals surface area (Å²) >= 11 is 6.08. The van der Waals surface area contributed by atoms with Crippen LogP contribution in [0.2, 0.25) is 5.02 Å². The van der Waals surface area contributed by atoms with Gasteiger partial charge >= 0.3 is 6.03 Å². The first-order chi connectivity index (χ1) is 11.6. The van der Waals surface area contributed by atoms with Gasteiger partial charge < -0.3 is 4.90 Å². The Hall–Kier alpha value is -2.01. The van der Waals surface area contributed by atoms with Gasteiger partial charge in [-0.3, -0.25) is 5.32 Å². The fraction of sp³-hybridized carbons (Fsp3) is 0.444. The van der Waals surface area contributed by atoms with Crippen molar-refractivity contribution in [1.82, 2.24) is 14.7 Å². The number of amides is 2. The van der Waals surface area contributed by atoms with E-state index in [0.29, 0.717) is 12.5 Å². The van der Waals surface area contributed by atoms with Crippen molar-refractivity contribution in [3.63, 3.8) is 0 Å². The summed E-state index contributed by atoms with van der Waals surface area (Å²) in [6.07, 6.45) is 1.94. The molecule has 1 unspecified atom stereocenters. The molecular weight excluding hydrogens is 324 g/mol. The number of carbonyl (C=O) groups excluding carboxylic acids is 1. The van der Waals surface area contributed by atoms with E-state index in [4.69, 9.17) is 11.6 Å². The molecule has 128 valence electrons. The van der Waals surface area contributed by atoms with Gasteiger partial charge in [0, 0.05) is 36.6 Å². The normalized spacial score (nSPS) is 17.3. The molecular formula is C18H23ClN4O. The van der Waals surface area contributed by atoms with Gasteiger partial charge in [0.1, 0.15) is 5.82 Å². The van der Waals surface area contributed by atoms with Crippen molar-refractivity contribution in [3.05, 3.63) is 46.6 Å². The second-order valence-electron chi connectivity index (χ2n) is 6.31. The van der Waals surface area contributed by atoms with Crippen LogP contribution in [-0.2, 0) is 6.54 Å². The molecule has 0 radical (unpaired) electrons. The predicted molar refractivity (Wildman–Crippen MR) is 96.7 cm³/mol. The maximum Gasteiger partial charge on any atom is 0.323 e. The predicted octanol–water partition coefficient (Wildman–Crippen LogP) is 4.28. The van der Waals surface area contributed by atoms with Crippen LogP contribution in [0.25, 0.3) is 0 Å². The van der Waals surface area contributed by atoms with Crippen LogP contribution in [0.3, 0.4) is 0 Å². The Kier molecular flexibility index (Phi) is 5.09. The SMILES string of the molecule is CCCn1nc(C)cc1NC(=O)N1CCC(c2cccc(Cl)c2)C1. The molecule has 1 aromatic heterocycles. The molecule has 24 heavy (non-hydrogen) atoms. The summed E-state index contributed by atoms with van der Waals surface area (Å²) in [7, 11) is 0. The Labute approximate surface area is 147 Å². The largest absolute Gasteiger partial charge is 0.324 e. The minimum absolute atomic E-state index is 0.0585. The number of anilines is 1. The lowest BCUT2D eigenvalue weighted by molar-refractivity contribution is 0.221. The zero-order valence-electron chi connectivity index (χ0n) is 14.1. The fourth-order valence-electron chi connectivity index (χ4n) is 3.19. The number of aryl methyl sites for hydroxylation is 2. The Morgan fingerprint density at radius 3 is 3.00 bits per heavy atom. The van der Waals surface area contributed by atoms with E-state index in [1.54, 1.807) is 0 Å². The first-order valence-electron chi connectivity index (χ1n) is 8.42. The Morgan fingerprint density at radius 1 is 1.42 bits per heavy atom. The van der Waals surface area contributed by atoms with Gasteiger partial charge in [0.05, 0.1) is 5.69 Å². The molecule has 1 atom stereocenters. The Bertz CT molecular complexity index is 728. The highest BCUT2D eigenvalue weighted by molar-refractivity contribution is 6.30. The number of hydrogen-bond acceptors (Lipinski definition) is 2. The van der Waals surface area contributed by atoms with Gasteiger partial charge in [0.15, 0.2) is 0 Å². The number of urea groups is 1. The van der Waals surface area contributed by atoms with Gasteiger partial charge in [-0.05, 0) is 37.5 Å². The minimum atomic E-state index is -0.0585. The molecule has 6 heteroatoms. The second kappa shape index (κ2) is 7.26. The molecule has 3 rings (SSSR count). The Morgan fingerprint density at radius 2 is 2.25 bits per heavy atom. The summed E-state index contributed by atoms with van der Waals surface area (Å²) in [6.45, 7) is 6.30. The fourth-order valence-corrected chi connectivity index (χ4v) is 3.39. The summed E-state index contributed by atoms with van der Waals surface area (Å²) in [5.41, 5.74) is 2.11. The highest BCUT2D eigenvalue weighted by Gasteiger charge is 2.28. The van der Waals surface area contributed by atoms with Gasteiger partial charge in [-0.15, -0.1) is 0 Å². The van der Waals surface area contributed by atoms with E-state index in [-0.39, 0.29) is 6.03 Å². The molecule has 1 aliphatic rings. The summed E-state index contributed by atoms with van der Waals surface area (Å²) < 4.78 is 1.86. The van der Waals surface area contributed by atoms with Crippen LogP contribution in [-0.4, -0.2) is 33.8 Å². The Balaban J connectivity index is 1.65. The zero-order valence-corrected chi connectivity index (χ0v) is 14.9. The number of nitrogens with zero attached hydrogens (tertiary/aromatic N) is 3. The second-order valence-corrected chi connectivity index (χ2v) is 6.75.